The molecule has 0 aromatic heterocycles. The number of likely N-dealkylation sites (tertiary alicyclic amines) is 1. The molecule has 0 radical (unpaired) electrons. The van der Waals surface area contributed by atoms with Crippen molar-refractivity contribution >= 4 is 23.3 Å². The number of hydrogen-bond donors (Lipinski definition) is 2. The summed E-state index contributed by atoms with van der Waals surface area (Å²) in [6.45, 7) is 4.43. The minimum atomic E-state index is -0.767. The summed E-state index contributed by atoms with van der Waals surface area (Å²) in [7, 11) is 0. The second kappa shape index (κ2) is 7.37. The number of hydrogen-bond acceptors (Lipinski definition) is 4. The first-order valence-corrected chi connectivity index (χ1v) is 7.78. The van der Waals surface area contributed by atoms with Crippen molar-refractivity contribution in [2.45, 2.75) is 32.7 Å². The van der Waals surface area contributed by atoms with E-state index in [2.05, 4.69) is 5.32 Å². The zero-order valence-corrected chi connectivity index (χ0v) is 13.4. The first-order valence-electron chi connectivity index (χ1n) is 7.78. The molecule has 0 aliphatic carbocycles. The number of carboxylic acid groups (broad SMARTS) is 1. The Labute approximate surface area is 135 Å². The summed E-state index contributed by atoms with van der Waals surface area (Å²) >= 11 is 0. The van der Waals surface area contributed by atoms with Crippen molar-refractivity contribution in [3.8, 4) is 0 Å². The molecule has 1 heterocycles. The molecule has 0 saturated carbocycles. The van der Waals surface area contributed by atoms with Crippen LogP contribution in [0, 0.1) is 5.92 Å². The summed E-state index contributed by atoms with van der Waals surface area (Å²) in [4.78, 5) is 37.0. The first-order chi connectivity index (χ1) is 10.9. The van der Waals surface area contributed by atoms with Gasteiger partial charge in [0.2, 0.25) is 5.91 Å². The summed E-state index contributed by atoms with van der Waals surface area (Å²) in [6, 6.07) is 6.54. The van der Waals surface area contributed by atoms with Gasteiger partial charge in [-0.15, -0.1) is 0 Å². The Balaban J connectivity index is 1.99. The van der Waals surface area contributed by atoms with Crippen molar-refractivity contribution in [2.75, 3.05) is 18.4 Å². The molecule has 1 aliphatic rings. The molecule has 6 nitrogen and oxygen atoms in total. The van der Waals surface area contributed by atoms with E-state index in [4.69, 9.17) is 5.11 Å². The SMILES string of the molecule is CC(=O)c1ccccc1NC(=O)C(C)N1CCC(C(=O)O)CC1. The number of piperidine rings is 1. The van der Waals surface area contributed by atoms with E-state index in [-0.39, 0.29) is 23.7 Å². The van der Waals surface area contributed by atoms with E-state index in [0.29, 0.717) is 37.2 Å². The number of rotatable bonds is 5. The number of para-hydroxylation sites is 1. The van der Waals surface area contributed by atoms with E-state index < -0.39 is 5.97 Å². The molecule has 1 amide bonds. The molecule has 0 bridgehead atoms. The smallest absolute Gasteiger partial charge is 0.306 e. The van der Waals surface area contributed by atoms with Crippen molar-refractivity contribution in [3.05, 3.63) is 29.8 Å². The van der Waals surface area contributed by atoms with Crippen molar-refractivity contribution in [2.24, 2.45) is 5.92 Å². The van der Waals surface area contributed by atoms with E-state index in [1.807, 2.05) is 4.90 Å². The molecular formula is C17H22N2O4. The quantitative estimate of drug-likeness (QED) is 0.811. The van der Waals surface area contributed by atoms with Gasteiger partial charge in [-0.3, -0.25) is 19.3 Å². The van der Waals surface area contributed by atoms with E-state index in [0.717, 1.165) is 0 Å². The highest BCUT2D eigenvalue weighted by atomic mass is 16.4. The number of carbonyl (C=O) groups excluding carboxylic acids is 2. The minimum Gasteiger partial charge on any atom is -0.481 e. The van der Waals surface area contributed by atoms with Gasteiger partial charge < -0.3 is 10.4 Å². The number of ketones is 1. The highest BCUT2D eigenvalue weighted by Crippen LogP contribution is 2.21. The number of benzene rings is 1. The van der Waals surface area contributed by atoms with Crippen LogP contribution < -0.4 is 5.32 Å². The second-order valence-corrected chi connectivity index (χ2v) is 5.92. The van der Waals surface area contributed by atoms with Gasteiger partial charge in [0, 0.05) is 5.56 Å². The fourth-order valence-corrected chi connectivity index (χ4v) is 2.84. The third-order valence-corrected chi connectivity index (χ3v) is 4.37. The van der Waals surface area contributed by atoms with Gasteiger partial charge in [0.05, 0.1) is 17.6 Å². The lowest BCUT2D eigenvalue weighted by Crippen LogP contribution is -2.47. The molecule has 1 aromatic rings. The topological polar surface area (TPSA) is 86.7 Å². The number of Topliss-reactive ketones (excluding diaryl/α,β-unsaturated/α-hetero) is 1. The zero-order chi connectivity index (χ0) is 17.0. The van der Waals surface area contributed by atoms with E-state index >= 15 is 0 Å². The van der Waals surface area contributed by atoms with Crippen molar-refractivity contribution in [3.63, 3.8) is 0 Å². The predicted octanol–water partition coefficient (Wildman–Crippen LogP) is 2.01. The van der Waals surface area contributed by atoms with E-state index in [1.54, 1.807) is 31.2 Å². The third kappa shape index (κ3) is 4.16. The van der Waals surface area contributed by atoms with Gasteiger partial charge in [-0.2, -0.15) is 0 Å². The predicted molar refractivity (Wildman–Crippen MR) is 86.5 cm³/mol. The lowest BCUT2D eigenvalue weighted by atomic mass is 9.96. The third-order valence-electron chi connectivity index (χ3n) is 4.37. The molecule has 1 aliphatic heterocycles. The van der Waals surface area contributed by atoms with Crippen molar-refractivity contribution in [1.29, 1.82) is 0 Å². The molecule has 1 atom stereocenters. The number of amides is 1. The maximum atomic E-state index is 12.4. The van der Waals surface area contributed by atoms with Crippen LogP contribution in [0.3, 0.4) is 0 Å². The Morgan fingerprint density at radius 1 is 1.22 bits per heavy atom. The molecule has 1 unspecified atom stereocenters. The van der Waals surface area contributed by atoms with Crippen molar-refractivity contribution in [1.82, 2.24) is 4.90 Å². The summed E-state index contributed by atoms with van der Waals surface area (Å²) in [5.74, 6) is -1.37. The highest BCUT2D eigenvalue weighted by molar-refractivity contribution is 6.04. The average Bonchev–Trinajstić information content (AvgIpc) is 2.54. The molecule has 2 rings (SSSR count). The Kier molecular flexibility index (Phi) is 5.50. The monoisotopic (exact) mass is 318 g/mol. The van der Waals surface area contributed by atoms with Crippen molar-refractivity contribution < 1.29 is 19.5 Å². The number of carbonyl (C=O) groups is 3. The highest BCUT2D eigenvalue weighted by Gasteiger charge is 2.29. The lowest BCUT2D eigenvalue weighted by molar-refractivity contribution is -0.143. The summed E-state index contributed by atoms with van der Waals surface area (Å²) < 4.78 is 0. The minimum absolute atomic E-state index is 0.101. The summed E-state index contributed by atoms with van der Waals surface area (Å²) in [6.07, 6.45) is 1.11. The molecule has 0 spiro atoms. The maximum Gasteiger partial charge on any atom is 0.306 e. The normalized spacial score (nSPS) is 17.5. The average molecular weight is 318 g/mol. The lowest BCUT2D eigenvalue weighted by Gasteiger charge is -2.33. The molecule has 124 valence electrons. The van der Waals surface area contributed by atoms with E-state index in [1.165, 1.54) is 6.92 Å². The van der Waals surface area contributed by atoms with Crippen LogP contribution in [-0.2, 0) is 9.59 Å². The van der Waals surface area contributed by atoms with Gasteiger partial charge in [-0.25, -0.2) is 0 Å². The van der Waals surface area contributed by atoms with E-state index in [9.17, 15) is 14.4 Å². The Hall–Kier alpha value is -2.21. The van der Waals surface area contributed by atoms with Crippen LogP contribution in [0.2, 0.25) is 0 Å². The van der Waals surface area contributed by atoms with Gasteiger partial charge in [-0.1, -0.05) is 12.1 Å². The molecule has 23 heavy (non-hydrogen) atoms. The van der Waals surface area contributed by atoms with Crippen LogP contribution in [-0.4, -0.2) is 46.8 Å². The van der Waals surface area contributed by atoms with Crippen LogP contribution in [0.1, 0.15) is 37.0 Å². The van der Waals surface area contributed by atoms with Crippen LogP contribution in [0.15, 0.2) is 24.3 Å². The molecule has 1 fully saturated rings. The molecule has 1 saturated heterocycles. The zero-order valence-electron chi connectivity index (χ0n) is 13.4. The van der Waals surface area contributed by atoms with Gasteiger partial charge >= 0.3 is 5.97 Å². The summed E-state index contributed by atoms with van der Waals surface area (Å²) in [5.41, 5.74) is 0.995. The number of carboxylic acids is 1. The van der Waals surface area contributed by atoms with Crippen LogP contribution >= 0.6 is 0 Å². The molecule has 2 N–H and O–H groups in total. The molecule has 6 heteroatoms. The first kappa shape index (κ1) is 17.1. The Morgan fingerprint density at radius 3 is 2.39 bits per heavy atom. The fourth-order valence-electron chi connectivity index (χ4n) is 2.84. The standard InChI is InChI=1S/C17H22N2O4/c1-11(19-9-7-13(8-10-19)17(22)23)16(21)18-15-6-4-3-5-14(15)12(2)20/h3-6,11,13H,7-10H2,1-2H3,(H,18,21)(H,22,23). The number of anilines is 1. The largest absolute Gasteiger partial charge is 0.481 e. The number of aliphatic carboxylic acids is 1. The van der Waals surface area contributed by atoms with Gasteiger partial charge in [0.25, 0.3) is 0 Å². The maximum absolute atomic E-state index is 12.4. The molecule has 1 aromatic carbocycles. The second-order valence-electron chi connectivity index (χ2n) is 5.92. The Bertz CT molecular complexity index is 606. The summed E-state index contributed by atoms with van der Waals surface area (Å²) in [5, 5.41) is 11.8. The number of nitrogens with one attached hydrogen (secondary N) is 1. The molecular weight excluding hydrogens is 296 g/mol. The van der Waals surface area contributed by atoms with Gasteiger partial charge in [-0.05, 0) is 51.9 Å². The van der Waals surface area contributed by atoms with Crippen LogP contribution in [0.4, 0.5) is 5.69 Å². The van der Waals surface area contributed by atoms with Crippen LogP contribution in [0.25, 0.3) is 0 Å². The fraction of sp³-hybridized carbons (Fsp3) is 0.471. The van der Waals surface area contributed by atoms with Gasteiger partial charge in [0.15, 0.2) is 5.78 Å². The number of nitrogens with zero attached hydrogens (tertiary/aromatic N) is 1. The van der Waals surface area contributed by atoms with Crippen LogP contribution in [0.5, 0.6) is 0 Å². The van der Waals surface area contributed by atoms with Gasteiger partial charge in [0.1, 0.15) is 0 Å². The Morgan fingerprint density at radius 2 is 1.83 bits per heavy atom.